The lowest BCUT2D eigenvalue weighted by atomic mass is 9.97. The van der Waals surface area contributed by atoms with Gasteiger partial charge in [-0.05, 0) is 25.7 Å². The highest BCUT2D eigenvalue weighted by molar-refractivity contribution is 5.98. The first-order chi connectivity index (χ1) is 8.54. The highest BCUT2D eigenvalue weighted by Crippen LogP contribution is 2.19. The molecule has 0 heterocycles. The quantitative estimate of drug-likeness (QED) is 0.462. The maximum atomic E-state index is 11.2. The highest BCUT2D eigenvalue weighted by Gasteiger charge is 2.19. The molecule has 0 fully saturated rings. The van der Waals surface area contributed by atoms with E-state index >= 15 is 0 Å². The molecule has 0 aliphatic carbocycles. The third kappa shape index (κ3) is 6.42. The molecule has 0 aromatic rings. The third-order valence-electron chi connectivity index (χ3n) is 2.94. The van der Waals surface area contributed by atoms with Gasteiger partial charge in [0.1, 0.15) is 0 Å². The Morgan fingerprint density at radius 2 is 1.06 bits per heavy atom. The van der Waals surface area contributed by atoms with E-state index in [1.165, 1.54) is 0 Å². The summed E-state index contributed by atoms with van der Waals surface area (Å²) < 4.78 is 0. The lowest BCUT2D eigenvalue weighted by molar-refractivity contribution is -0.136. The van der Waals surface area contributed by atoms with Crippen LogP contribution in [0.15, 0.2) is 11.1 Å². The first-order valence-electron chi connectivity index (χ1n) is 6.73. The minimum absolute atomic E-state index is 0.0899. The minimum Gasteiger partial charge on any atom is -0.478 e. The van der Waals surface area contributed by atoms with Gasteiger partial charge in [0.15, 0.2) is 0 Å². The van der Waals surface area contributed by atoms with Gasteiger partial charge in [-0.3, -0.25) is 0 Å². The number of hydrogen-bond acceptors (Lipinski definition) is 2. The fourth-order valence-electron chi connectivity index (χ4n) is 1.88. The molecule has 104 valence electrons. The standard InChI is InChI=1S/C14H24O4/c1-3-5-7-9-11(13(15)16)12(14(17)18)10-8-6-4-2/h3-10H2,1-2H3,(H,15,16)(H,17,18)/b12-11+. The van der Waals surface area contributed by atoms with Crippen molar-refractivity contribution >= 4 is 11.9 Å². The van der Waals surface area contributed by atoms with Crippen LogP contribution < -0.4 is 0 Å². The van der Waals surface area contributed by atoms with Crippen LogP contribution >= 0.6 is 0 Å². The zero-order valence-electron chi connectivity index (χ0n) is 11.4. The largest absolute Gasteiger partial charge is 0.478 e. The van der Waals surface area contributed by atoms with Gasteiger partial charge in [-0.1, -0.05) is 39.5 Å². The monoisotopic (exact) mass is 256 g/mol. The zero-order valence-corrected chi connectivity index (χ0v) is 11.4. The van der Waals surface area contributed by atoms with Gasteiger partial charge in [-0.2, -0.15) is 0 Å². The summed E-state index contributed by atoms with van der Waals surface area (Å²) in [5, 5.41) is 18.3. The average molecular weight is 256 g/mol. The molecule has 4 nitrogen and oxygen atoms in total. The van der Waals surface area contributed by atoms with E-state index in [4.69, 9.17) is 10.2 Å². The summed E-state index contributed by atoms with van der Waals surface area (Å²) in [7, 11) is 0. The van der Waals surface area contributed by atoms with Gasteiger partial charge in [-0.25, -0.2) is 9.59 Å². The molecule has 0 saturated heterocycles. The van der Waals surface area contributed by atoms with Crippen LogP contribution in [0.4, 0.5) is 0 Å². The zero-order chi connectivity index (χ0) is 14.0. The van der Waals surface area contributed by atoms with Gasteiger partial charge in [-0.15, -0.1) is 0 Å². The van der Waals surface area contributed by atoms with Crippen LogP contribution in [0.5, 0.6) is 0 Å². The molecule has 2 N–H and O–H groups in total. The van der Waals surface area contributed by atoms with Crippen LogP contribution in [0.3, 0.4) is 0 Å². The Morgan fingerprint density at radius 3 is 1.28 bits per heavy atom. The maximum absolute atomic E-state index is 11.2. The van der Waals surface area contributed by atoms with Crippen molar-refractivity contribution in [2.24, 2.45) is 0 Å². The number of rotatable bonds is 10. The smallest absolute Gasteiger partial charge is 0.332 e. The molecule has 0 saturated carbocycles. The van der Waals surface area contributed by atoms with Gasteiger partial charge in [0.05, 0.1) is 0 Å². The summed E-state index contributed by atoms with van der Waals surface area (Å²) in [5.41, 5.74) is 0.180. The molecule has 0 radical (unpaired) electrons. The van der Waals surface area contributed by atoms with E-state index in [2.05, 4.69) is 0 Å². The molecule has 4 heteroatoms. The molecular formula is C14H24O4. The first-order valence-corrected chi connectivity index (χ1v) is 6.73. The van der Waals surface area contributed by atoms with E-state index in [0.29, 0.717) is 12.8 Å². The van der Waals surface area contributed by atoms with E-state index in [0.717, 1.165) is 38.5 Å². The summed E-state index contributed by atoms with van der Waals surface area (Å²) in [4.78, 5) is 22.3. The second-order valence-corrected chi connectivity index (χ2v) is 4.48. The van der Waals surface area contributed by atoms with Crippen molar-refractivity contribution in [3.8, 4) is 0 Å². The van der Waals surface area contributed by atoms with Crippen molar-refractivity contribution in [1.82, 2.24) is 0 Å². The molecule has 0 aliphatic rings. The number of aliphatic carboxylic acids is 2. The van der Waals surface area contributed by atoms with Gasteiger partial charge < -0.3 is 10.2 Å². The summed E-state index contributed by atoms with van der Waals surface area (Å²) >= 11 is 0. The minimum atomic E-state index is -1.08. The van der Waals surface area contributed by atoms with Crippen LogP contribution in [-0.2, 0) is 9.59 Å². The summed E-state index contributed by atoms with van der Waals surface area (Å²) in [6.07, 6.45) is 6.03. The SMILES string of the molecule is CCCCC/C(C(=O)O)=C(/CCCCC)C(=O)O. The Bertz CT molecular complexity index is 275. The number of carboxylic acids is 2. The fourth-order valence-corrected chi connectivity index (χ4v) is 1.88. The molecule has 0 spiro atoms. The van der Waals surface area contributed by atoms with Crippen molar-refractivity contribution in [3.63, 3.8) is 0 Å². The second-order valence-electron chi connectivity index (χ2n) is 4.48. The number of carboxylic acid groups (broad SMARTS) is 2. The van der Waals surface area contributed by atoms with Gasteiger partial charge in [0.2, 0.25) is 0 Å². The lowest BCUT2D eigenvalue weighted by Gasteiger charge is -2.08. The molecule has 18 heavy (non-hydrogen) atoms. The molecule has 0 rings (SSSR count). The van der Waals surface area contributed by atoms with E-state index in [-0.39, 0.29) is 11.1 Å². The predicted octanol–water partition coefficient (Wildman–Crippen LogP) is 3.61. The Balaban J connectivity index is 4.80. The van der Waals surface area contributed by atoms with E-state index in [1.807, 2.05) is 13.8 Å². The van der Waals surface area contributed by atoms with Crippen LogP contribution in [0, 0.1) is 0 Å². The van der Waals surface area contributed by atoms with Crippen LogP contribution in [0.1, 0.15) is 65.2 Å². The highest BCUT2D eigenvalue weighted by atomic mass is 16.4. The molecule has 0 amide bonds. The molecule has 0 unspecified atom stereocenters. The number of unbranched alkanes of at least 4 members (excludes halogenated alkanes) is 4. The van der Waals surface area contributed by atoms with Crippen LogP contribution in [-0.4, -0.2) is 22.2 Å². The summed E-state index contributed by atoms with van der Waals surface area (Å²) in [6.45, 7) is 4.06. The number of hydrogen-bond donors (Lipinski definition) is 2. The third-order valence-corrected chi connectivity index (χ3v) is 2.94. The van der Waals surface area contributed by atoms with Crippen molar-refractivity contribution < 1.29 is 19.8 Å². The van der Waals surface area contributed by atoms with Gasteiger partial charge in [0, 0.05) is 11.1 Å². The first kappa shape index (κ1) is 16.7. The number of carbonyl (C=O) groups is 2. The fraction of sp³-hybridized carbons (Fsp3) is 0.714. The van der Waals surface area contributed by atoms with Crippen molar-refractivity contribution in [2.45, 2.75) is 65.2 Å². The molecule has 0 atom stereocenters. The normalized spacial score (nSPS) is 12.1. The molecule has 0 aliphatic heterocycles. The predicted molar refractivity (Wildman–Crippen MR) is 70.6 cm³/mol. The average Bonchev–Trinajstić information content (AvgIpc) is 2.31. The summed E-state index contributed by atoms with van der Waals surface area (Å²) in [6, 6.07) is 0. The van der Waals surface area contributed by atoms with Crippen molar-refractivity contribution in [3.05, 3.63) is 11.1 Å². The van der Waals surface area contributed by atoms with Crippen molar-refractivity contribution in [1.29, 1.82) is 0 Å². The van der Waals surface area contributed by atoms with Gasteiger partial charge >= 0.3 is 11.9 Å². The van der Waals surface area contributed by atoms with Crippen LogP contribution in [0.25, 0.3) is 0 Å². The topological polar surface area (TPSA) is 74.6 Å². The molecular weight excluding hydrogens is 232 g/mol. The Labute approximate surface area is 109 Å². The lowest BCUT2D eigenvalue weighted by Crippen LogP contribution is -2.12. The second kappa shape index (κ2) is 9.68. The van der Waals surface area contributed by atoms with E-state index in [1.54, 1.807) is 0 Å². The van der Waals surface area contributed by atoms with Crippen molar-refractivity contribution in [2.75, 3.05) is 0 Å². The summed E-state index contributed by atoms with van der Waals surface area (Å²) in [5.74, 6) is -2.17. The molecule has 0 aromatic heterocycles. The Kier molecular flexibility index (Phi) is 8.97. The van der Waals surface area contributed by atoms with E-state index < -0.39 is 11.9 Å². The molecule has 0 aromatic carbocycles. The maximum Gasteiger partial charge on any atom is 0.332 e. The molecule has 0 bridgehead atoms. The van der Waals surface area contributed by atoms with Gasteiger partial charge in [0.25, 0.3) is 0 Å². The van der Waals surface area contributed by atoms with Crippen LogP contribution in [0.2, 0.25) is 0 Å². The Morgan fingerprint density at radius 1 is 0.722 bits per heavy atom. The Hall–Kier alpha value is -1.32. The van der Waals surface area contributed by atoms with E-state index in [9.17, 15) is 9.59 Å².